The highest BCUT2D eigenvalue weighted by atomic mass is 15.3. The number of piperazine rings is 1. The van der Waals surface area contributed by atoms with E-state index >= 15 is 0 Å². The third kappa shape index (κ3) is 2.07. The SMILES string of the molecule is c1ccc2c(c1)Cn1cccc1C1CN(CC3CC3)CCN21. The Kier molecular flexibility index (Phi) is 2.83. The predicted octanol–water partition coefficient (Wildman–Crippen LogP) is 3.12. The van der Waals surface area contributed by atoms with Crippen molar-refractivity contribution < 1.29 is 0 Å². The van der Waals surface area contributed by atoms with Crippen LogP contribution in [0.2, 0.25) is 0 Å². The van der Waals surface area contributed by atoms with Gasteiger partial charge in [0.15, 0.2) is 0 Å². The molecule has 3 heteroatoms. The second-order valence-corrected chi connectivity index (χ2v) is 7.10. The Labute approximate surface area is 132 Å². The van der Waals surface area contributed by atoms with Gasteiger partial charge in [0.2, 0.25) is 0 Å². The van der Waals surface area contributed by atoms with Crippen LogP contribution in [0.25, 0.3) is 0 Å². The van der Waals surface area contributed by atoms with Crippen molar-refractivity contribution in [2.75, 3.05) is 31.1 Å². The van der Waals surface area contributed by atoms with Crippen LogP contribution in [0.5, 0.6) is 0 Å². The van der Waals surface area contributed by atoms with Crippen LogP contribution in [0.4, 0.5) is 5.69 Å². The lowest BCUT2D eigenvalue weighted by Gasteiger charge is -2.42. The van der Waals surface area contributed by atoms with Crippen molar-refractivity contribution in [1.82, 2.24) is 9.47 Å². The molecular weight excluding hydrogens is 270 g/mol. The zero-order valence-electron chi connectivity index (χ0n) is 13.0. The molecule has 3 aliphatic rings. The largest absolute Gasteiger partial charge is 0.360 e. The van der Waals surface area contributed by atoms with Crippen LogP contribution in [0.15, 0.2) is 42.6 Å². The number of rotatable bonds is 2. The molecule has 0 amide bonds. The average molecular weight is 293 g/mol. The van der Waals surface area contributed by atoms with Gasteiger partial charge in [-0.1, -0.05) is 18.2 Å². The summed E-state index contributed by atoms with van der Waals surface area (Å²) in [7, 11) is 0. The Morgan fingerprint density at radius 3 is 2.82 bits per heavy atom. The second-order valence-electron chi connectivity index (χ2n) is 7.10. The molecule has 5 rings (SSSR count). The summed E-state index contributed by atoms with van der Waals surface area (Å²) >= 11 is 0. The van der Waals surface area contributed by atoms with Crippen LogP contribution >= 0.6 is 0 Å². The van der Waals surface area contributed by atoms with Crippen molar-refractivity contribution in [3.63, 3.8) is 0 Å². The fraction of sp³-hybridized carbons (Fsp3) is 0.474. The van der Waals surface area contributed by atoms with E-state index in [9.17, 15) is 0 Å². The maximum Gasteiger partial charge on any atom is 0.0821 e. The molecule has 1 saturated heterocycles. The molecule has 0 radical (unpaired) electrons. The molecule has 2 fully saturated rings. The fourth-order valence-electron chi connectivity index (χ4n) is 4.19. The Morgan fingerprint density at radius 2 is 1.91 bits per heavy atom. The number of hydrogen-bond donors (Lipinski definition) is 0. The lowest BCUT2D eigenvalue weighted by Crippen LogP contribution is -2.49. The summed E-state index contributed by atoms with van der Waals surface area (Å²) in [6, 6.07) is 14.0. The fourth-order valence-corrected chi connectivity index (χ4v) is 4.19. The Hall–Kier alpha value is -1.74. The average Bonchev–Trinajstić information content (AvgIpc) is 3.26. The van der Waals surface area contributed by atoms with Gasteiger partial charge in [0, 0.05) is 50.3 Å². The first-order chi connectivity index (χ1) is 10.9. The van der Waals surface area contributed by atoms with Gasteiger partial charge in [-0.05, 0) is 42.5 Å². The molecule has 3 heterocycles. The minimum absolute atomic E-state index is 0.506. The van der Waals surface area contributed by atoms with E-state index in [0.717, 1.165) is 19.0 Å². The van der Waals surface area contributed by atoms with Gasteiger partial charge in [0.05, 0.1) is 6.04 Å². The summed E-state index contributed by atoms with van der Waals surface area (Å²) < 4.78 is 2.45. The molecule has 1 aromatic heterocycles. The smallest absolute Gasteiger partial charge is 0.0821 e. The van der Waals surface area contributed by atoms with Crippen molar-refractivity contribution in [3.8, 4) is 0 Å². The van der Waals surface area contributed by atoms with E-state index in [1.165, 1.54) is 49.4 Å². The lowest BCUT2D eigenvalue weighted by molar-refractivity contribution is 0.213. The second kappa shape index (κ2) is 4.88. The van der Waals surface area contributed by atoms with Gasteiger partial charge >= 0.3 is 0 Å². The maximum atomic E-state index is 2.70. The van der Waals surface area contributed by atoms with Gasteiger partial charge in [-0.15, -0.1) is 0 Å². The topological polar surface area (TPSA) is 11.4 Å². The van der Waals surface area contributed by atoms with Crippen LogP contribution < -0.4 is 4.90 Å². The molecule has 0 bridgehead atoms. The van der Waals surface area contributed by atoms with E-state index in [-0.39, 0.29) is 0 Å². The van der Waals surface area contributed by atoms with Crippen molar-refractivity contribution in [2.24, 2.45) is 5.92 Å². The zero-order valence-corrected chi connectivity index (χ0v) is 13.0. The Balaban J connectivity index is 1.53. The van der Waals surface area contributed by atoms with Gasteiger partial charge < -0.3 is 9.47 Å². The van der Waals surface area contributed by atoms with Crippen LogP contribution in [0.1, 0.15) is 30.1 Å². The third-order valence-electron chi connectivity index (χ3n) is 5.53. The van der Waals surface area contributed by atoms with Crippen molar-refractivity contribution >= 4 is 5.69 Å². The molecule has 1 aliphatic carbocycles. The van der Waals surface area contributed by atoms with Crippen LogP contribution in [-0.2, 0) is 6.54 Å². The van der Waals surface area contributed by atoms with E-state index in [1.807, 2.05) is 0 Å². The first-order valence-electron chi connectivity index (χ1n) is 8.60. The van der Waals surface area contributed by atoms with E-state index in [2.05, 4.69) is 57.0 Å². The molecule has 1 saturated carbocycles. The standard InChI is InChI=1S/C19H23N3/c1-2-5-17-16(4-1)13-21-9-3-6-18(21)19-14-20(10-11-22(17)19)12-15-7-8-15/h1-6,9,15,19H,7-8,10-14H2. The molecule has 1 unspecified atom stereocenters. The number of anilines is 1. The Bertz CT molecular complexity index is 685. The van der Waals surface area contributed by atoms with E-state index < -0.39 is 0 Å². The summed E-state index contributed by atoms with van der Waals surface area (Å²) in [6.07, 6.45) is 5.14. The number of nitrogens with zero attached hydrogens (tertiary/aromatic N) is 3. The number of para-hydroxylation sites is 1. The number of fused-ring (bicyclic) bond motifs is 5. The molecule has 0 N–H and O–H groups in total. The normalized spacial score (nSPS) is 24.4. The highest BCUT2D eigenvalue weighted by Crippen LogP contribution is 2.38. The third-order valence-corrected chi connectivity index (χ3v) is 5.53. The molecule has 22 heavy (non-hydrogen) atoms. The van der Waals surface area contributed by atoms with Crippen LogP contribution in [-0.4, -0.2) is 35.6 Å². The van der Waals surface area contributed by atoms with Gasteiger partial charge in [-0.3, -0.25) is 4.90 Å². The first kappa shape index (κ1) is 12.8. The molecule has 114 valence electrons. The van der Waals surface area contributed by atoms with Gasteiger partial charge in [0.1, 0.15) is 0 Å². The zero-order chi connectivity index (χ0) is 14.5. The molecule has 2 aromatic rings. The highest BCUT2D eigenvalue weighted by molar-refractivity contribution is 5.57. The number of benzene rings is 1. The highest BCUT2D eigenvalue weighted by Gasteiger charge is 2.35. The molecule has 1 atom stereocenters. The molecule has 0 spiro atoms. The number of aromatic nitrogens is 1. The van der Waals surface area contributed by atoms with E-state index in [4.69, 9.17) is 0 Å². The van der Waals surface area contributed by atoms with Crippen molar-refractivity contribution in [2.45, 2.75) is 25.4 Å². The summed E-state index contributed by atoms with van der Waals surface area (Å²) in [4.78, 5) is 5.35. The van der Waals surface area contributed by atoms with Crippen LogP contribution in [0, 0.1) is 5.92 Å². The molecule has 3 nitrogen and oxygen atoms in total. The summed E-state index contributed by atoms with van der Waals surface area (Å²) in [5.41, 5.74) is 4.39. The minimum atomic E-state index is 0.506. The summed E-state index contributed by atoms with van der Waals surface area (Å²) in [5, 5.41) is 0. The minimum Gasteiger partial charge on any atom is -0.360 e. The van der Waals surface area contributed by atoms with Gasteiger partial charge in [0.25, 0.3) is 0 Å². The maximum absolute atomic E-state index is 2.70. The van der Waals surface area contributed by atoms with E-state index in [0.29, 0.717) is 6.04 Å². The van der Waals surface area contributed by atoms with E-state index in [1.54, 1.807) is 0 Å². The Morgan fingerprint density at radius 1 is 1.00 bits per heavy atom. The van der Waals surface area contributed by atoms with Crippen molar-refractivity contribution in [3.05, 3.63) is 53.9 Å². The molecule has 2 aliphatic heterocycles. The van der Waals surface area contributed by atoms with Gasteiger partial charge in [-0.25, -0.2) is 0 Å². The summed E-state index contributed by atoms with van der Waals surface area (Å²) in [5.74, 6) is 0.983. The summed E-state index contributed by atoms with van der Waals surface area (Å²) in [6.45, 7) is 5.86. The van der Waals surface area contributed by atoms with Crippen molar-refractivity contribution in [1.29, 1.82) is 0 Å². The monoisotopic (exact) mass is 293 g/mol. The first-order valence-corrected chi connectivity index (χ1v) is 8.60. The molecule has 1 aromatic carbocycles. The number of hydrogen-bond acceptors (Lipinski definition) is 2. The predicted molar refractivity (Wildman–Crippen MR) is 89.2 cm³/mol. The van der Waals surface area contributed by atoms with Crippen LogP contribution in [0.3, 0.4) is 0 Å². The quantitative estimate of drug-likeness (QED) is 0.843. The molecular formula is C19H23N3. The lowest BCUT2D eigenvalue weighted by atomic mass is 10.1. The van der Waals surface area contributed by atoms with Gasteiger partial charge in [-0.2, -0.15) is 0 Å².